The second kappa shape index (κ2) is 4.20. The van der Waals surface area contributed by atoms with Crippen LogP contribution in [-0.4, -0.2) is 5.84 Å². The van der Waals surface area contributed by atoms with Crippen LogP contribution in [0.5, 0.6) is 0 Å². The molecule has 0 bridgehead atoms. The van der Waals surface area contributed by atoms with Crippen molar-refractivity contribution >= 4 is 46.3 Å². The van der Waals surface area contributed by atoms with Crippen molar-refractivity contribution in [1.82, 2.24) is 0 Å². The number of hydrogen-bond acceptors (Lipinski definition) is 1. The Morgan fingerprint density at radius 3 is 2.20 bits per heavy atom. The minimum Gasteiger partial charge on any atom is -0.387 e. The monoisotopic (exact) mass is 262 g/mol. The molecule has 2 N–H and O–H groups in total. The molecule has 0 unspecified atom stereocenters. The molecule has 0 saturated heterocycles. The summed E-state index contributed by atoms with van der Waals surface area (Å²) in [5, 5.41) is 1.35. The van der Waals surface area contributed by atoms with Crippen LogP contribution in [0.15, 0.2) is 17.1 Å². The number of nitrogens with two attached hydrogens (primary N) is 1. The lowest BCUT2D eigenvalue weighted by atomic mass is 10.3. The zero-order valence-corrected chi connectivity index (χ0v) is 10.1. The van der Waals surface area contributed by atoms with Gasteiger partial charge in [0.05, 0.1) is 10.0 Å². The van der Waals surface area contributed by atoms with Crippen molar-refractivity contribution in [2.45, 2.75) is 12.8 Å². The van der Waals surface area contributed by atoms with Gasteiger partial charge in [-0.05, 0) is 25.0 Å². The molecule has 0 amide bonds. The molecule has 2 nitrogen and oxygen atoms in total. The highest BCUT2D eigenvalue weighted by Crippen LogP contribution is 2.38. The second-order valence-electron chi connectivity index (χ2n) is 3.53. The van der Waals surface area contributed by atoms with Gasteiger partial charge in [0.2, 0.25) is 0 Å². The van der Waals surface area contributed by atoms with Crippen molar-refractivity contribution in [2.24, 2.45) is 16.6 Å². The lowest BCUT2D eigenvalue weighted by Crippen LogP contribution is -2.13. The molecule has 80 valence electrons. The van der Waals surface area contributed by atoms with Gasteiger partial charge in [0.25, 0.3) is 0 Å². The molecule has 1 aliphatic carbocycles. The van der Waals surface area contributed by atoms with E-state index < -0.39 is 0 Å². The Hall–Kier alpha value is -0.440. The lowest BCUT2D eigenvalue weighted by molar-refractivity contribution is 1.15. The van der Waals surface area contributed by atoms with E-state index in [1.165, 1.54) is 0 Å². The number of halogens is 3. The number of nitrogens with zero attached hydrogens (tertiary/aromatic N) is 1. The lowest BCUT2D eigenvalue weighted by Gasteiger charge is -2.04. The first-order chi connectivity index (χ1) is 7.08. The number of amidine groups is 1. The van der Waals surface area contributed by atoms with Crippen molar-refractivity contribution in [3.63, 3.8) is 0 Å². The fourth-order valence-corrected chi connectivity index (χ4v) is 2.14. The summed E-state index contributed by atoms with van der Waals surface area (Å²) in [6, 6.07) is 3.21. The SMILES string of the molecule is NC(=Nc1c(Cl)cc(Cl)cc1Cl)C1CC1. The highest BCUT2D eigenvalue weighted by Gasteiger charge is 2.25. The van der Waals surface area contributed by atoms with Gasteiger partial charge < -0.3 is 5.73 Å². The van der Waals surface area contributed by atoms with Crippen molar-refractivity contribution in [3.05, 3.63) is 27.2 Å². The standard InChI is InChI=1S/C10H9Cl3N2/c11-6-3-7(12)9(8(13)4-6)15-10(14)5-1-2-5/h3-5H,1-2H2,(H2,14,15). The Morgan fingerprint density at radius 2 is 1.73 bits per heavy atom. The molecule has 0 atom stereocenters. The van der Waals surface area contributed by atoms with Gasteiger partial charge in [0.1, 0.15) is 11.5 Å². The molecule has 1 saturated carbocycles. The van der Waals surface area contributed by atoms with Crippen molar-refractivity contribution in [2.75, 3.05) is 0 Å². The van der Waals surface area contributed by atoms with Crippen LogP contribution in [0.25, 0.3) is 0 Å². The molecule has 0 radical (unpaired) electrons. The van der Waals surface area contributed by atoms with Gasteiger partial charge in [-0.25, -0.2) is 4.99 Å². The van der Waals surface area contributed by atoms with Gasteiger partial charge >= 0.3 is 0 Å². The third kappa shape index (κ3) is 2.57. The van der Waals surface area contributed by atoms with Crippen LogP contribution in [0.1, 0.15) is 12.8 Å². The highest BCUT2D eigenvalue weighted by atomic mass is 35.5. The maximum Gasteiger partial charge on any atom is 0.103 e. The Labute approximate surface area is 103 Å². The van der Waals surface area contributed by atoms with Crippen LogP contribution in [0.2, 0.25) is 15.1 Å². The summed E-state index contributed by atoms with van der Waals surface area (Å²) in [4.78, 5) is 4.23. The molecule has 1 aromatic rings. The Morgan fingerprint density at radius 1 is 1.20 bits per heavy atom. The normalized spacial score (nSPS) is 16.9. The molecular formula is C10H9Cl3N2. The molecule has 0 heterocycles. The molecule has 0 aromatic heterocycles. The minimum absolute atomic E-state index is 0.396. The van der Waals surface area contributed by atoms with E-state index in [4.69, 9.17) is 40.5 Å². The molecule has 1 fully saturated rings. The highest BCUT2D eigenvalue weighted by molar-refractivity contribution is 6.41. The zero-order valence-electron chi connectivity index (χ0n) is 7.80. The maximum atomic E-state index is 5.97. The third-order valence-corrected chi connectivity index (χ3v) is 3.01. The average molecular weight is 264 g/mol. The molecule has 1 aliphatic rings. The van der Waals surface area contributed by atoms with Gasteiger partial charge in [0.15, 0.2) is 0 Å². The average Bonchev–Trinajstić information content (AvgIpc) is 2.93. The predicted molar refractivity (Wildman–Crippen MR) is 65.5 cm³/mol. The Bertz CT molecular complexity index is 402. The van der Waals surface area contributed by atoms with Gasteiger partial charge in [-0.15, -0.1) is 0 Å². The van der Waals surface area contributed by atoms with Crippen molar-refractivity contribution in [3.8, 4) is 0 Å². The number of hydrogen-bond donors (Lipinski definition) is 1. The first-order valence-corrected chi connectivity index (χ1v) is 5.70. The van der Waals surface area contributed by atoms with Crippen LogP contribution in [0, 0.1) is 5.92 Å². The Balaban J connectivity index is 2.39. The largest absolute Gasteiger partial charge is 0.387 e. The van der Waals surface area contributed by atoms with Crippen LogP contribution in [0.3, 0.4) is 0 Å². The summed E-state index contributed by atoms with van der Waals surface area (Å²) in [6.07, 6.45) is 2.19. The van der Waals surface area contributed by atoms with E-state index >= 15 is 0 Å². The molecule has 1 aromatic carbocycles. The number of benzene rings is 1. The van der Waals surface area contributed by atoms with Gasteiger partial charge in [0, 0.05) is 10.9 Å². The van der Waals surface area contributed by atoms with E-state index in [9.17, 15) is 0 Å². The number of rotatable bonds is 2. The molecule has 5 heteroatoms. The molecular weight excluding hydrogens is 254 g/mol. The first kappa shape index (κ1) is 11.1. The Kier molecular flexibility index (Phi) is 3.10. The van der Waals surface area contributed by atoms with Gasteiger partial charge in [-0.3, -0.25) is 0 Å². The summed E-state index contributed by atoms with van der Waals surface area (Å²) < 4.78 is 0. The van der Waals surface area contributed by atoms with Crippen LogP contribution >= 0.6 is 34.8 Å². The minimum atomic E-state index is 0.396. The maximum absolute atomic E-state index is 5.97. The van der Waals surface area contributed by atoms with E-state index in [0.717, 1.165) is 12.8 Å². The van der Waals surface area contributed by atoms with Gasteiger partial charge in [-0.2, -0.15) is 0 Å². The summed E-state index contributed by atoms with van der Waals surface area (Å²) >= 11 is 17.7. The van der Waals surface area contributed by atoms with E-state index in [-0.39, 0.29) is 0 Å². The van der Waals surface area contributed by atoms with Crippen LogP contribution < -0.4 is 5.73 Å². The van der Waals surface area contributed by atoms with E-state index in [0.29, 0.717) is 32.5 Å². The number of aliphatic imine (C=N–C) groups is 1. The molecule has 15 heavy (non-hydrogen) atoms. The first-order valence-electron chi connectivity index (χ1n) is 4.56. The summed E-state index contributed by atoms with van der Waals surface area (Å²) in [5.41, 5.74) is 6.29. The van der Waals surface area contributed by atoms with Crippen molar-refractivity contribution < 1.29 is 0 Å². The summed E-state index contributed by atoms with van der Waals surface area (Å²) in [7, 11) is 0. The van der Waals surface area contributed by atoms with Crippen LogP contribution in [0.4, 0.5) is 5.69 Å². The zero-order chi connectivity index (χ0) is 11.0. The van der Waals surface area contributed by atoms with E-state index in [2.05, 4.69) is 4.99 Å². The summed E-state index contributed by atoms with van der Waals surface area (Å²) in [6.45, 7) is 0. The summed E-state index contributed by atoms with van der Waals surface area (Å²) in [5.74, 6) is 0.994. The van der Waals surface area contributed by atoms with E-state index in [1.54, 1.807) is 12.1 Å². The smallest absolute Gasteiger partial charge is 0.103 e. The third-order valence-electron chi connectivity index (χ3n) is 2.22. The quantitative estimate of drug-likeness (QED) is 0.634. The van der Waals surface area contributed by atoms with Crippen molar-refractivity contribution in [1.29, 1.82) is 0 Å². The molecule has 0 aliphatic heterocycles. The van der Waals surface area contributed by atoms with Crippen LogP contribution in [-0.2, 0) is 0 Å². The predicted octanol–water partition coefficient (Wildman–Crippen LogP) is 4.05. The second-order valence-corrected chi connectivity index (χ2v) is 4.78. The fourth-order valence-electron chi connectivity index (χ4n) is 1.24. The molecule has 0 spiro atoms. The topological polar surface area (TPSA) is 38.4 Å². The van der Waals surface area contributed by atoms with Gasteiger partial charge in [-0.1, -0.05) is 34.8 Å². The fraction of sp³-hybridized carbons (Fsp3) is 0.300. The van der Waals surface area contributed by atoms with E-state index in [1.807, 2.05) is 0 Å². The molecule has 2 rings (SSSR count).